The van der Waals surface area contributed by atoms with E-state index < -0.39 is 5.54 Å². The lowest BCUT2D eigenvalue weighted by molar-refractivity contribution is 0.158. The molecule has 3 heteroatoms. The van der Waals surface area contributed by atoms with Crippen molar-refractivity contribution >= 4 is 0 Å². The zero-order valence-electron chi connectivity index (χ0n) is 9.08. The molecule has 3 unspecified atom stereocenters. The summed E-state index contributed by atoms with van der Waals surface area (Å²) in [6.07, 6.45) is 3.23. The van der Waals surface area contributed by atoms with E-state index in [4.69, 9.17) is 5.11 Å². The molecule has 1 aliphatic carbocycles. The van der Waals surface area contributed by atoms with Gasteiger partial charge in [0, 0.05) is 6.54 Å². The molecule has 1 rings (SSSR count). The van der Waals surface area contributed by atoms with Gasteiger partial charge in [0.05, 0.1) is 12.7 Å². The van der Waals surface area contributed by atoms with Crippen LogP contribution in [0.4, 0.5) is 0 Å². The molecule has 3 atom stereocenters. The molecule has 0 bridgehead atoms. The van der Waals surface area contributed by atoms with Crippen LogP contribution in [0.3, 0.4) is 0 Å². The number of nitrogens with one attached hydrogen (secondary N) is 1. The van der Waals surface area contributed by atoms with Crippen LogP contribution in [0.15, 0.2) is 0 Å². The van der Waals surface area contributed by atoms with Crippen molar-refractivity contribution in [3.63, 3.8) is 0 Å². The van der Waals surface area contributed by atoms with Crippen LogP contribution in [0, 0.1) is 23.2 Å². The van der Waals surface area contributed by atoms with E-state index in [1.807, 2.05) is 0 Å². The number of rotatable bonds is 3. The fraction of sp³-hybridized carbons (Fsp3) is 0.909. The predicted molar refractivity (Wildman–Crippen MR) is 55.6 cm³/mol. The van der Waals surface area contributed by atoms with Gasteiger partial charge >= 0.3 is 0 Å². The Hall–Kier alpha value is -0.590. The minimum atomic E-state index is -0.402. The first-order valence-electron chi connectivity index (χ1n) is 5.42. The Balaban J connectivity index is 2.68. The Bertz CT molecular complexity index is 224. The van der Waals surface area contributed by atoms with E-state index in [9.17, 15) is 5.26 Å². The Morgan fingerprint density at radius 1 is 1.50 bits per heavy atom. The highest BCUT2D eigenvalue weighted by Gasteiger charge is 2.40. The molecule has 0 spiro atoms. The zero-order chi connectivity index (χ0) is 10.6. The number of nitrogens with zero attached hydrogens (tertiary/aromatic N) is 1. The standard InChI is InChI=1S/C11H20N2O/c1-9-3-4-10(2)11(7-9,8-12)13-5-6-14/h9-10,13-14H,3-7H2,1-2H3. The van der Waals surface area contributed by atoms with Gasteiger partial charge in [-0.15, -0.1) is 0 Å². The molecule has 0 amide bonds. The lowest BCUT2D eigenvalue weighted by Gasteiger charge is -2.40. The van der Waals surface area contributed by atoms with Gasteiger partial charge in [-0.1, -0.05) is 20.3 Å². The van der Waals surface area contributed by atoms with Gasteiger partial charge in [0.25, 0.3) is 0 Å². The van der Waals surface area contributed by atoms with Crippen LogP contribution in [0.5, 0.6) is 0 Å². The molecule has 2 N–H and O–H groups in total. The lowest BCUT2D eigenvalue weighted by atomic mass is 9.70. The van der Waals surface area contributed by atoms with Crippen molar-refractivity contribution < 1.29 is 5.11 Å². The highest BCUT2D eigenvalue weighted by Crippen LogP contribution is 2.36. The number of aliphatic hydroxyl groups excluding tert-OH is 1. The van der Waals surface area contributed by atoms with Crippen molar-refractivity contribution in [1.82, 2.24) is 5.32 Å². The van der Waals surface area contributed by atoms with Crippen LogP contribution in [0.2, 0.25) is 0 Å². The summed E-state index contributed by atoms with van der Waals surface area (Å²) in [5, 5.41) is 21.3. The first-order chi connectivity index (χ1) is 6.64. The van der Waals surface area contributed by atoms with Crippen molar-refractivity contribution in [2.24, 2.45) is 11.8 Å². The number of hydrogen-bond donors (Lipinski definition) is 2. The molecule has 0 aromatic carbocycles. The summed E-state index contributed by atoms with van der Waals surface area (Å²) < 4.78 is 0. The third kappa shape index (κ3) is 2.26. The fourth-order valence-corrected chi connectivity index (χ4v) is 2.35. The molecule has 0 radical (unpaired) electrons. The van der Waals surface area contributed by atoms with E-state index in [-0.39, 0.29) is 6.61 Å². The van der Waals surface area contributed by atoms with E-state index >= 15 is 0 Å². The Labute approximate surface area is 86.1 Å². The minimum Gasteiger partial charge on any atom is -0.395 e. The smallest absolute Gasteiger partial charge is 0.109 e. The van der Waals surface area contributed by atoms with Crippen molar-refractivity contribution in [1.29, 1.82) is 5.26 Å². The first kappa shape index (κ1) is 11.5. The predicted octanol–water partition coefficient (Wildman–Crippen LogP) is 1.29. The molecule has 1 saturated carbocycles. The van der Waals surface area contributed by atoms with Gasteiger partial charge in [0.1, 0.15) is 5.54 Å². The Morgan fingerprint density at radius 2 is 2.21 bits per heavy atom. The Morgan fingerprint density at radius 3 is 2.79 bits per heavy atom. The number of β-amino-alcohol motifs (C(OH)–C–C–N with tert-alkyl or cyclic N) is 1. The second-order valence-corrected chi connectivity index (χ2v) is 4.52. The first-order valence-corrected chi connectivity index (χ1v) is 5.42. The van der Waals surface area contributed by atoms with E-state index in [2.05, 4.69) is 25.2 Å². The molecular weight excluding hydrogens is 176 g/mol. The van der Waals surface area contributed by atoms with Gasteiger partial charge in [0.15, 0.2) is 0 Å². The summed E-state index contributed by atoms with van der Waals surface area (Å²) in [6.45, 7) is 4.94. The van der Waals surface area contributed by atoms with Crippen LogP contribution < -0.4 is 5.32 Å². The third-order valence-corrected chi connectivity index (χ3v) is 3.36. The molecule has 1 aliphatic rings. The third-order valence-electron chi connectivity index (χ3n) is 3.36. The van der Waals surface area contributed by atoms with Crippen LogP contribution in [-0.2, 0) is 0 Å². The number of nitriles is 1. The van der Waals surface area contributed by atoms with Crippen molar-refractivity contribution in [3.8, 4) is 6.07 Å². The van der Waals surface area contributed by atoms with Crippen LogP contribution in [0.1, 0.15) is 33.1 Å². The second-order valence-electron chi connectivity index (χ2n) is 4.52. The summed E-state index contributed by atoms with van der Waals surface area (Å²) in [7, 11) is 0. The fourth-order valence-electron chi connectivity index (χ4n) is 2.35. The monoisotopic (exact) mass is 196 g/mol. The lowest BCUT2D eigenvalue weighted by Crippen LogP contribution is -2.53. The summed E-state index contributed by atoms with van der Waals surface area (Å²) in [5.41, 5.74) is -0.402. The maximum absolute atomic E-state index is 9.26. The van der Waals surface area contributed by atoms with Crippen molar-refractivity contribution in [2.45, 2.75) is 38.6 Å². The second kappa shape index (κ2) is 4.77. The molecule has 0 aliphatic heterocycles. The van der Waals surface area contributed by atoms with Gasteiger partial charge in [-0.2, -0.15) is 5.26 Å². The largest absolute Gasteiger partial charge is 0.395 e. The summed E-state index contributed by atoms with van der Waals surface area (Å²) >= 11 is 0. The topological polar surface area (TPSA) is 56.0 Å². The van der Waals surface area contributed by atoms with E-state index in [1.165, 1.54) is 6.42 Å². The summed E-state index contributed by atoms with van der Waals surface area (Å²) in [6, 6.07) is 2.41. The highest BCUT2D eigenvalue weighted by atomic mass is 16.3. The van der Waals surface area contributed by atoms with E-state index in [0.29, 0.717) is 18.4 Å². The SMILES string of the molecule is CC1CCC(C)C(C#N)(NCCO)C1. The van der Waals surface area contributed by atoms with Crippen LogP contribution in [-0.4, -0.2) is 23.8 Å². The van der Waals surface area contributed by atoms with Gasteiger partial charge in [-0.05, 0) is 24.7 Å². The Kier molecular flexibility index (Phi) is 3.91. The summed E-state index contributed by atoms with van der Waals surface area (Å²) in [5.74, 6) is 0.993. The molecule has 0 heterocycles. The molecule has 80 valence electrons. The minimum absolute atomic E-state index is 0.102. The van der Waals surface area contributed by atoms with Crippen LogP contribution in [0.25, 0.3) is 0 Å². The average molecular weight is 196 g/mol. The average Bonchev–Trinajstić information content (AvgIpc) is 2.20. The van der Waals surface area contributed by atoms with Gasteiger partial charge in [-0.25, -0.2) is 0 Å². The number of aliphatic hydroxyl groups is 1. The summed E-state index contributed by atoms with van der Waals surface area (Å²) in [4.78, 5) is 0. The molecular formula is C11H20N2O. The number of hydrogen-bond acceptors (Lipinski definition) is 3. The molecule has 1 fully saturated rings. The molecule has 3 nitrogen and oxygen atoms in total. The molecule has 0 aromatic heterocycles. The van der Waals surface area contributed by atoms with E-state index in [1.54, 1.807) is 0 Å². The van der Waals surface area contributed by atoms with Gasteiger partial charge in [-0.3, -0.25) is 5.32 Å². The molecule has 14 heavy (non-hydrogen) atoms. The zero-order valence-corrected chi connectivity index (χ0v) is 9.08. The van der Waals surface area contributed by atoms with Crippen molar-refractivity contribution in [3.05, 3.63) is 0 Å². The van der Waals surface area contributed by atoms with Crippen LogP contribution >= 0.6 is 0 Å². The van der Waals surface area contributed by atoms with Gasteiger partial charge in [0.2, 0.25) is 0 Å². The highest BCUT2D eigenvalue weighted by molar-refractivity contribution is 5.12. The van der Waals surface area contributed by atoms with Crippen molar-refractivity contribution in [2.75, 3.05) is 13.2 Å². The molecule has 0 aromatic rings. The maximum atomic E-state index is 9.26. The quantitative estimate of drug-likeness (QED) is 0.715. The van der Waals surface area contributed by atoms with Gasteiger partial charge < -0.3 is 5.11 Å². The normalized spacial score (nSPS) is 37.9. The van der Waals surface area contributed by atoms with E-state index in [0.717, 1.165) is 12.8 Å². The maximum Gasteiger partial charge on any atom is 0.109 e. The molecule has 0 saturated heterocycles.